The molecule has 0 saturated carbocycles. The zero-order chi connectivity index (χ0) is 24.4. The van der Waals surface area contributed by atoms with Crippen LogP contribution in [-0.4, -0.2) is 60.9 Å². The van der Waals surface area contributed by atoms with Crippen LogP contribution in [0.4, 0.5) is 52.7 Å². The summed E-state index contributed by atoms with van der Waals surface area (Å²) in [6.07, 6.45) is -38.6. The number of hydrogen-bond donors (Lipinski definition) is 1. The first-order valence-electron chi connectivity index (χ1n) is 6.82. The van der Waals surface area contributed by atoms with Gasteiger partial charge < -0.3 is 9.84 Å². The number of aliphatic hydroxyl groups is 1. The monoisotopic (exact) mass is 478 g/mol. The van der Waals surface area contributed by atoms with Crippen LogP contribution in [0.25, 0.3) is 0 Å². The highest BCUT2D eigenvalue weighted by molar-refractivity contribution is 5.86. The fourth-order valence-corrected chi connectivity index (χ4v) is 1.11. The number of halogens is 12. The average molecular weight is 478 g/mol. The van der Waals surface area contributed by atoms with Crippen LogP contribution in [-0.2, 0) is 23.7 Å². The molecule has 0 saturated heterocycles. The maximum atomic E-state index is 13.2. The number of rotatable bonds is 12. The molecule has 0 aromatic carbocycles. The summed E-state index contributed by atoms with van der Waals surface area (Å²) in [4.78, 5) is 10.8. The summed E-state index contributed by atoms with van der Waals surface area (Å²) >= 11 is 0. The first kappa shape index (κ1) is 28.2. The van der Waals surface area contributed by atoms with Gasteiger partial charge in [0.25, 0.3) is 0 Å². The molecular formula is C12H10F12O6. The van der Waals surface area contributed by atoms with E-state index in [0.29, 0.717) is 0 Å². The Morgan fingerprint density at radius 3 is 1.40 bits per heavy atom. The summed E-state index contributed by atoms with van der Waals surface area (Å²) in [6, 6.07) is 0. The van der Waals surface area contributed by atoms with Crippen LogP contribution in [0, 0.1) is 0 Å². The number of carbonyl (C=O) groups is 1. The molecule has 0 radical (unpaired) electrons. The fourth-order valence-electron chi connectivity index (χ4n) is 1.11. The molecule has 0 amide bonds. The van der Waals surface area contributed by atoms with Crippen molar-refractivity contribution in [3.63, 3.8) is 0 Å². The lowest BCUT2D eigenvalue weighted by molar-refractivity contribution is -0.558. The van der Waals surface area contributed by atoms with Crippen LogP contribution in [0.2, 0.25) is 0 Å². The molecule has 18 heteroatoms. The van der Waals surface area contributed by atoms with Gasteiger partial charge in [-0.15, -0.1) is 0 Å². The predicted octanol–water partition coefficient (Wildman–Crippen LogP) is 3.70. The van der Waals surface area contributed by atoms with E-state index in [0.717, 1.165) is 6.92 Å². The van der Waals surface area contributed by atoms with Gasteiger partial charge in [0, 0.05) is 5.57 Å². The van der Waals surface area contributed by atoms with E-state index in [1.165, 1.54) is 0 Å². The van der Waals surface area contributed by atoms with Gasteiger partial charge in [0.05, 0.1) is 0 Å². The first-order chi connectivity index (χ1) is 13.0. The maximum absolute atomic E-state index is 13.2. The average Bonchev–Trinajstić information content (AvgIpc) is 2.49. The van der Waals surface area contributed by atoms with Crippen molar-refractivity contribution in [2.75, 3.05) is 13.2 Å². The fraction of sp³-hybridized carbons (Fsp3) is 0.750. The molecule has 0 bridgehead atoms. The van der Waals surface area contributed by atoms with Gasteiger partial charge in [0.2, 0.25) is 0 Å². The van der Waals surface area contributed by atoms with Crippen molar-refractivity contribution >= 4 is 5.97 Å². The van der Waals surface area contributed by atoms with Gasteiger partial charge in [0.15, 0.2) is 6.61 Å². The van der Waals surface area contributed by atoms with E-state index in [4.69, 9.17) is 5.11 Å². The van der Waals surface area contributed by atoms with Crippen LogP contribution in [0.3, 0.4) is 0 Å². The van der Waals surface area contributed by atoms with E-state index in [1.54, 1.807) is 4.74 Å². The summed E-state index contributed by atoms with van der Waals surface area (Å²) in [7, 11) is 0. The van der Waals surface area contributed by atoms with Gasteiger partial charge in [-0.05, 0) is 6.92 Å². The van der Waals surface area contributed by atoms with Crippen LogP contribution >= 0.6 is 0 Å². The molecule has 0 fully saturated rings. The first-order valence-corrected chi connectivity index (χ1v) is 6.82. The Hall–Kier alpha value is -1.79. The van der Waals surface area contributed by atoms with Gasteiger partial charge in [-0.3, -0.25) is 0 Å². The summed E-state index contributed by atoms with van der Waals surface area (Å²) in [6.45, 7) is -1.39. The van der Waals surface area contributed by atoms with Gasteiger partial charge in [-0.25, -0.2) is 19.0 Å². The third-order valence-corrected chi connectivity index (χ3v) is 2.39. The van der Waals surface area contributed by atoms with E-state index < -0.39 is 61.4 Å². The number of carbonyl (C=O) groups excluding carboxylic acids is 1. The van der Waals surface area contributed by atoms with Gasteiger partial charge in [-0.2, -0.15) is 52.7 Å². The molecule has 0 heterocycles. The molecule has 0 aliphatic carbocycles. The van der Waals surface area contributed by atoms with Crippen LogP contribution < -0.4 is 0 Å². The van der Waals surface area contributed by atoms with Crippen molar-refractivity contribution in [3.05, 3.63) is 12.2 Å². The predicted molar refractivity (Wildman–Crippen MR) is 65.8 cm³/mol. The SMILES string of the molecule is C=C(C)C(=O)OCC(F)(F)OC(F)(F)C(F)(F)OC(F)(F)C(F)(F)OC(F)(F)CO. The molecule has 0 aliphatic heterocycles. The normalized spacial score (nSPS) is 14.6. The van der Waals surface area contributed by atoms with Crippen LogP contribution in [0.5, 0.6) is 0 Å². The highest BCUT2D eigenvalue weighted by Gasteiger charge is 2.74. The summed E-state index contributed by atoms with van der Waals surface area (Å²) in [5, 5.41) is 7.93. The zero-order valence-corrected chi connectivity index (χ0v) is 14.1. The van der Waals surface area contributed by atoms with E-state index in [2.05, 4.69) is 20.8 Å². The van der Waals surface area contributed by atoms with E-state index in [1.807, 2.05) is 0 Å². The Balaban J connectivity index is 5.47. The molecular weight excluding hydrogens is 468 g/mol. The van der Waals surface area contributed by atoms with Crippen molar-refractivity contribution < 1.29 is 81.5 Å². The lowest BCUT2D eigenvalue weighted by Crippen LogP contribution is -2.58. The van der Waals surface area contributed by atoms with Gasteiger partial charge >= 0.3 is 42.6 Å². The molecule has 0 aliphatic rings. The standard InChI is InChI=1S/C12H10F12O6/c1-5(2)6(26)27-4-8(15,16)29-10(19,20)12(23,24)30-11(21,22)9(17,18)28-7(13,14)3-25/h25H,1,3-4H2,2H3. The minimum Gasteiger partial charge on any atom is -0.453 e. The lowest BCUT2D eigenvalue weighted by Gasteiger charge is -2.33. The Labute approximate surface area is 157 Å². The molecule has 0 unspecified atom stereocenters. The molecule has 1 N–H and O–H groups in total. The maximum Gasteiger partial charge on any atom is 0.453 e. The van der Waals surface area contributed by atoms with Gasteiger partial charge in [-0.1, -0.05) is 6.58 Å². The van der Waals surface area contributed by atoms with Crippen molar-refractivity contribution in [3.8, 4) is 0 Å². The molecule has 30 heavy (non-hydrogen) atoms. The smallest absolute Gasteiger partial charge is 0.453 e. The Bertz CT molecular complexity index is 635. The largest absolute Gasteiger partial charge is 0.453 e. The number of aliphatic hydroxyl groups excluding tert-OH is 1. The van der Waals surface area contributed by atoms with Crippen molar-refractivity contribution in [1.29, 1.82) is 0 Å². The highest BCUT2D eigenvalue weighted by atomic mass is 19.4. The van der Waals surface area contributed by atoms with Crippen LogP contribution in [0.1, 0.15) is 6.92 Å². The second-order valence-corrected chi connectivity index (χ2v) is 5.16. The van der Waals surface area contributed by atoms with Gasteiger partial charge in [0.1, 0.15) is 6.61 Å². The van der Waals surface area contributed by atoms with E-state index >= 15 is 0 Å². The molecule has 0 rings (SSSR count). The third-order valence-electron chi connectivity index (χ3n) is 2.39. The molecule has 0 aromatic heterocycles. The minimum atomic E-state index is -7.01. The Morgan fingerprint density at radius 1 is 0.733 bits per heavy atom. The van der Waals surface area contributed by atoms with Crippen molar-refractivity contribution in [2.45, 2.75) is 43.6 Å². The van der Waals surface area contributed by atoms with E-state index in [9.17, 15) is 57.5 Å². The topological polar surface area (TPSA) is 74.2 Å². The molecule has 0 aromatic rings. The third kappa shape index (κ3) is 7.47. The summed E-state index contributed by atoms with van der Waals surface area (Å²) in [5.74, 6) is -1.64. The minimum absolute atomic E-state index is 0.562. The number of ether oxygens (including phenoxy) is 4. The van der Waals surface area contributed by atoms with Crippen molar-refractivity contribution in [2.24, 2.45) is 0 Å². The van der Waals surface area contributed by atoms with E-state index in [-0.39, 0.29) is 0 Å². The highest BCUT2D eigenvalue weighted by Crippen LogP contribution is 2.48. The second-order valence-electron chi connectivity index (χ2n) is 5.16. The molecule has 0 atom stereocenters. The summed E-state index contributed by atoms with van der Waals surface area (Å²) < 4.78 is 165. The lowest BCUT2D eigenvalue weighted by atomic mass is 10.4. The summed E-state index contributed by atoms with van der Waals surface area (Å²) in [5.41, 5.74) is -0.562. The number of esters is 1. The van der Waals surface area contributed by atoms with Crippen LogP contribution in [0.15, 0.2) is 12.2 Å². The number of hydrogen-bond acceptors (Lipinski definition) is 6. The Morgan fingerprint density at radius 2 is 1.07 bits per heavy atom. The second kappa shape index (κ2) is 8.75. The quantitative estimate of drug-likeness (QED) is 0.262. The number of alkyl halides is 12. The molecule has 0 spiro atoms. The molecule has 6 nitrogen and oxygen atoms in total. The molecule has 178 valence electrons. The Kier molecular flexibility index (Phi) is 8.23. The zero-order valence-electron chi connectivity index (χ0n) is 14.1. The van der Waals surface area contributed by atoms with Crippen molar-refractivity contribution in [1.82, 2.24) is 0 Å².